The Hall–Kier alpha value is -2.67. The van der Waals surface area contributed by atoms with Gasteiger partial charge in [0.25, 0.3) is 0 Å². The highest BCUT2D eigenvalue weighted by molar-refractivity contribution is 5.73. The standard InChI is InChI=1S/C18H23FN4O2/c1-23(2)10-4-9-21-18(24)22-12-14-6-7-17(16(19)11-14)25-15-5-3-8-20-13-15/h3,5-8,11,13H,4,9-10,12H2,1-2H3,(H2,21,22,24). The minimum Gasteiger partial charge on any atom is -0.453 e. The molecule has 0 radical (unpaired) electrons. The van der Waals surface area contributed by atoms with Crippen molar-refractivity contribution in [3.8, 4) is 11.5 Å². The van der Waals surface area contributed by atoms with Gasteiger partial charge in [0.2, 0.25) is 0 Å². The summed E-state index contributed by atoms with van der Waals surface area (Å²) in [7, 11) is 3.96. The number of halogens is 1. The topological polar surface area (TPSA) is 66.5 Å². The lowest BCUT2D eigenvalue weighted by molar-refractivity contribution is 0.240. The van der Waals surface area contributed by atoms with Crippen molar-refractivity contribution in [1.82, 2.24) is 20.5 Å². The van der Waals surface area contributed by atoms with E-state index in [-0.39, 0.29) is 18.3 Å². The molecule has 2 amide bonds. The van der Waals surface area contributed by atoms with E-state index in [1.54, 1.807) is 24.4 Å². The Morgan fingerprint density at radius 3 is 2.80 bits per heavy atom. The van der Waals surface area contributed by atoms with Crippen molar-refractivity contribution in [1.29, 1.82) is 0 Å². The summed E-state index contributed by atoms with van der Waals surface area (Å²) in [6, 6.07) is 7.73. The smallest absolute Gasteiger partial charge is 0.315 e. The van der Waals surface area contributed by atoms with E-state index in [0.29, 0.717) is 17.9 Å². The molecular formula is C18H23FN4O2. The molecule has 0 bridgehead atoms. The Balaban J connectivity index is 1.79. The molecule has 6 nitrogen and oxygen atoms in total. The van der Waals surface area contributed by atoms with Crippen LogP contribution in [0.3, 0.4) is 0 Å². The third-order valence-corrected chi connectivity index (χ3v) is 3.38. The number of benzene rings is 1. The third-order valence-electron chi connectivity index (χ3n) is 3.38. The van der Waals surface area contributed by atoms with E-state index in [0.717, 1.165) is 13.0 Å². The van der Waals surface area contributed by atoms with Crippen molar-refractivity contribution in [3.05, 3.63) is 54.1 Å². The molecule has 2 N–H and O–H groups in total. The van der Waals surface area contributed by atoms with E-state index < -0.39 is 5.82 Å². The van der Waals surface area contributed by atoms with Gasteiger partial charge in [-0.25, -0.2) is 9.18 Å². The van der Waals surface area contributed by atoms with Crippen molar-refractivity contribution in [2.75, 3.05) is 27.2 Å². The van der Waals surface area contributed by atoms with Crippen LogP contribution in [-0.4, -0.2) is 43.1 Å². The Labute approximate surface area is 147 Å². The largest absolute Gasteiger partial charge is 0.453 e. The van der Waals surface area contributed by atoms with Crippen LogP contribution < -0.4 is 15.4 Å². The van der Waals surface area contributed by atoms with Crippen LogP contribution in [-0.2, 0) is 6.54 Å². The summed E-state index contributed by atoms with van der Waals surface area (Å²) < 4.78 is 19.5. The van der Waals surface area contributed by atoms with Gasteiger partial charge >= 0.3 is 6.03 Å². The first-order valence-corrected chi connectivity index (χ1v) is 8.07. The molecule has 0 saturated heterocycles. The zero-order valence-electron chi connectivity index (χ0n) is 14.5. The Morgan fingerprint density at radius 1 is 1.28 bits per heavy atom. The molecule has 0 unspecified atom stereocenters. The van der Waals surface area contributed by atoms with Crippen LogP contribution in [0.1, 0.15) is 12.0 Å². The number of aromatic nitrogens is 1. The van der Waals surface area contributed by atoms with Crippen molar-refractivity contribution >= 4 is 6.03 Å². The highest BCUT2D eigenvalue weighted by Crippen LogP contribution is 2.24. The fraction of sp³-hybridized carbons (Fsp3) is 0.333. The molecule has 0 aliphatic carbocycles. The Bertz CT molecular complexity index is 680. The highest BCUT2D eigenvalue weighted by Gasteiger charge is 2.07. The predicted octanol–water partition coefficient (Wildman–Crippen LogP) is 2.76. The quantitative estimate of drug-likeness (QED) is 0.722. The number of amides is 2. The van der Waals surface area contributed by atoms with Crippen molar-refractivity contribution < 1.29 is 13.9 Å². The number of rotatable bonds is 8. The first kappa shape index (κ1) is 18.7. The minimum atomic E-state index is -0.491. The summed E-state index contributed by atoms with van der Waals surface area (Å²) in [6.45, 7) is 1.74. The molecule has 0 spiro atoms. The molecule has 0 aliphatic rings. The van der Waals surface area contributed by atoms with Crippen LogP contribution in [0.4, 0.5) is 9.18 Å². The van der Waals surface area contributed by atoms with Gasteiger partial charge in [-0.2, -0.15) is 0 Å². The second-order valence-electron chi connectivity index (χ2n) is 5.82. The number of hydrogen-bond donors (Lipinski definition) is 2. The molecular weight excluding hydrogens is 323 g/mol. The van der Waals surface area contributed by atoms with E-state index in [1.165, 1.54) is 18.3 Å². The predicted molar refractivity (Wildman–Crippen MR) is 94.1 cm³/mol. The maximum absolute atomic E-state index is 14.1. The average molecular weight is 346 g/mol. The summed E-state index contributed by atoms with van der Waals surface area (Å²) in [6.07, 6.45) is 3.99. The molecule has 134 valence electrons. The van der Waals surface area contributed by atoms with Crippen LogP contribution in [0.2, 0.25) is 0 Å². The number of urea groups is 1. The van der Waals surface area contributed by atoms with Crippen molar-refractivity contribution in [3.63, 3.8) is 0 Å². The van der Waals surface area contributed by atoms with E-state index in [1.807, 2.05) is 14.1 Å². The second kappa shape index (κ2) is 9.58. The van der Waals surface area contributed by atoms with Crippen molar-refractivity contribution in [2.24, 2.45) is 0 Å². The molecule has 0 atom stereocenters. The van der Waals surface area contributed by atoms with E-state index in [2.05, 4.69) is 20.5 Å². The number of carbonyl (C=O) groups is 1. The zero-order valence-corrected chi connectivity index (χ0v) is 14.5. The molecule has 2 rings (SSSR count). The number of pyridine rings is 1. The van der Waals surface area contributed by atoms with Gasteiger partial charge in [-0.05, 0) is 56.9 Å². The molecule has 25 heavy (non-hydrogen) atoms. The van der Waals surface area contributed by atoms with Crippen LogP contribution in [0.25, 0.3) is 0 Å². The maximum Gasteiger partial charge on any atom is 0.315 e. The first-order valence-electron chi connectivity index (χ1n) is 8.07. The van der Waals surface area contributed by atoms with E-state index in [9.17, 15) is 9.18 Å². The first-order chi connectivity index (χ1) is 12.0. The monoisotopic (exact) mass is 346 g/mol. The maximum atomic E-state index is 14.1. The Kier molecular flexibility index (Phi) is 7.16. The van der Waals surface area contributed by atoms with Crippen LogP contribution in [0.15, 0.2) is 42.7 Å². The molecule has 0 saturated carbocycles. The highest BCUT2D eigenvalue weighted by atomic mass is 19.1. The number of carbonyl (C=O) groups excluding carboxylic acids is 1. The van der Waals surface area contributed by atoms with Gasteiger partial charge in [0, 0.05) is 19.3 Å². The van der Waals surface area contributed by atoms with Gasteiger partial charge in [-0.15, -0.1) is 0 Å². The zero-order chi connectivity index (χ0) is 18.1. The molecule has 2 aromatic rings. The lowest BCUT2D eigenvalue weighted by atomic mass is 10.2. The number of nitrogens with one attached hydrogen (secondary N) is 2. The van der Waals surface area contributed by atoms with Gasteiger partial charge in [0.15, 0.2) is 11.6 Å². The number of nitrogens with zero attached hydrogens (tertiary/aromatic N) is 2. The summed E-state index contributed by atoms with van der Waals surface area (Å²) in [5.74, 6) is 0.0869. The average Bonchev–Trinajstić information content (AvgIpc) is 2.60. The van der Waals surface area contributed by atoms with E-state index >= 15 is 0 Å². The number of ether oxygens (including phenoxy) is 1. The van der Waals surface area contributed by atoms with Crippen LogP contribution >= 0.6 is 0 Å². The van der Waals surface area contributed by atoms with Crippen LogP contribution in [0, 0.1) is 5.82 Å². The lowest BCUT2D eigenvalue weighted by Gasteiger charge is -2.11. The molecule has 0 fully saturated rings. The van der Waals surface area contributed by atoms with Gasteiger partial charge in [-0.3, -0.25) is 4.98 Å². The molecule has 7 heteroatoms. The number of hydrogen-bond acceptors (Lipinski definition) is 4. The van der Waals surface area contributed by atoms with Crippen LogP contribution in [0.5, 0.6) is 11.5 Å². The Morgan fingerprint density at radius 2 is 2.12 bits per heavy atom. The summed E-state index contributed by atoms with van der Waals surface area (Å²) >= 11 is 0. The second-order valence-corrected chi connectivity index (χ2v) is 5.82. The molecule has 0 aliphatic heterocycles. The van der Waals surface area contributed by atoms with Gasteiger partial charge in [0.05, 0.1) is 6.20 Å². The van der Waals surface area contributed by atoms with Crippen molar-refractivity contribution in [2.45, 2.75) is 13.0 Å². The van der Waals surface area contributed by atoms with Gasteiger partial charge in [-0.1, -0.05) is 6.07 Å². The van der Waals surface area contributed by atoms with E-state index in [4.69, 9.17) is 4.74 Å². The summed E-state index contributed by atoms with van der Waals surface area (Å²) in [5, 5.41) is 5.47. The fourth-order valence-electron chi connectivity index (χ4n) is 2.11. The molecule has 1 heterocycles. The summed E-state index contributed by atoms with van der Waals surface area (Å²) in [5.41, 5.74) is 0.652. The molecule has 1 aromatic carbocycles. The van der Waals surface area contributed by atoms with Gasteiger partial charge < -0.3 is 20.3 Å². The fourth-order valence-corrected chi connectivity index (χ4v) is 2.11. The SMILES string of the molecule is CN(C)CCCNC(=O)NCc1ccc(Oc2cccnc2)c(F)c1. The summed E-state index contributed by atoms with van der Waals surface area (Å²) in [4.78, 5) is 17.7. The normalized spacial score (nSPS) is 10.6. The lowest BCUT2D eigenvalue weighted by Crippen LogP contribution is -2.36. The minimum absolute atomic E-state index is 0.116. The van der Waals surface area contributed by atoms with Gasteiger partial charge in [0.1, 0.15) is 5.75 Å². The third kappa shape index (κ3) is 6.76. The molecule has 1 aromatic heterocycles.